The number of hydrogen-bond donors (Lipinski definition) is 2. The number of amides is 1. The summed E-state index contributed by atoms with van der Waals surface area (Å²) in [5.74, 6) is 0.838. The van der Waals surface area contributed by atoms with Crippen molar-refractivity contribution < 1.29 is 19.0 Å². The maximum atomic E-state index is 12.3. The molecule has 0 radical (unpaired) electrons. The zero-order valence-electron chi connectivity index (χ0n) is 32.4. The molecular formula is C40H60N8O4. The monoisotopic (exact) mass is 716 g/mol. The van der Waals surface area contributed by atoms with Crippen LogP contribution in [0.15, 0.2) is 43.0 Å². The van der Waals surface area contributed by atoms with Crippen LogP contribution in [0.3, 0.4) is 0 Å². The second-order valence-electron chi connectivity index (χ2n) is 16.4. The summed E-state index contributed by atoms with van der Waals surface area (Å²) in [5.41, 5.74) is 3.00. The van der Waals surface area contributed by atoms with Crippen molar-refractivity contribution in [2.24, 2.45) is 12.5 Å². The number of ether oxygens (including phenoxy) is 3. The van der Waals surface area contributed by atoms with E-state index in [1.54, 1.807) is 17.1 Å². The molecule has 4 aromatic rings. The first kappa shape index (κ1) is 39.0. The maximum absolute atomic E-state index is 12.3. The zero-order valence-corrected chi connectivity index (χ0v) is 32.4. The number of nitrogens with one attached hydrogen (secondary N) is 2. The number of carbonyl (C=O) groups is 1. The molecule has 1 fully saturated rings. The number of nitrogens with zero attached hydrogens (tertiary/aromatic N) is 6. The Balaban J connectivity index is 1.23. The average Bonchev–Trinajstić information content (AvgIpc) is 3.64. The van der Waals surface area contributed by atoms with E-state index in [0.29, 0.717) is 49.1 Å². The fraction of sp³-hybridized carbons (Fsp3) is 0.625. The highest BCUT2D eigenvalue weighted by atomic mass is 16.6. The number of aryl methyl sites for hydroxylation is 1. The van der Waals surface area contributed by atoms with E-state index < -0.39 is 11.7 Å². The van der Waals surface area contributed by atoms with Crippen molar-refractivity contribution in [3.63, 3.8) is 0 Å². The van der Waals surface area contributed by atoms with Gasteiger partial charge in [-0.3, -0.25) is 9.67 Å². The second kappa shape index (κ2) is 18.0. The van der Waals surface area contributed by atoms with E-state index >= 15 is 0 Å². The SMILES string of the molecule is Cn1cc(Nc2nc(OC3CC(NC(=O)OC(C)(C)C)C3)c3c(-c4ccccn4)cn(COCCCCCCCCCCCC(C)(C)C)c3n2)cn1. The molecule has 12 nitrogen and oxygen atoms in total. The third kappa shape index (κ3) is 12.2. The van der Waals surface area contributed by atoms with Crippen LogP contribution in [0, 0.1) is 5.41 Å². The lowest BCUT2D eigenvalue weighted by molar-refractivity contribution is 0.0358. The van der Waals surface area contributed by atoms with Crippen molar-refractivity contribution in [3.05, 3.63) is 43.0 Å². The van der Waals surface area contributed by atoms with Gasteiger partial charge in [-0.2, -0.15) is 15.1 Å². The third-order valence-corrected chi connectivity index (χ3v) is 9.12. The van der Waals surface area contributed by atoms with E-state index in [9.17, 15) is 4.79 Å². The Morgan fingerprint density at radius 3 is 2.27 bits per heavy atom. The fourth-order valence-corrected chi connectivity index (χ4v) is 6.40. The topological polar surface area (TPSA) is 130 Å². The van der Waals surface area contributed by atoms with E-state index in [1.165, 1.54) is 57.8 Å². The van der Waals surface area contributed by atoms with E-state index in [-0.39, 0.29) is 12.1 Å². The van der Waals surface area contributed by atoms with Gasteiger partial charge in [0.15, 0.2) is 5.65 Å². The lowest BCUT2D eigenvalue weighted by Gasteiger charge is -2.35. The number of rotatable bonds is 19. The van der Waals surface area contributed by atoms with Crippen LogP contribution >= 0.6 is 0 Å². The average molecular weight is 717 g/mol. The lowest BCUT2D eigenvalue weighted by Crippen LogP contribution is -2.50. The van der Waals surface area contributed by atoms with Crippen LogP contribution in [0.25, 0.3) is 22.3 Å². The summed E-state index contributed by atoms with van der Waals surface area (Å²) in [6, 6.07) is 5.80. The molecule has 0 unspecified atom stereocenters. The van der Waals surface area contributed by atoms with Gasteiger partial charge in [0.25, 0.3) is 0 Å². The molecule has 4 heterocycles. The highest BCUT2D eigenvalue weighted by Gasteiger charge is 2.35. The van der Waals surface area contributed by atoms with Gasteiger partial charge in [0, 0.05) is 56.7 Å². The predicted octanol–water partition coefficient (Wildman–Crippen LogP) is 9.33. The number of carbonyl (C=O) groups excluding carboxylic acids is 1. The molecule has 12 heteroatoms. The van der Waals surface area contributed by atoms with Crippen molar-refractivity contribution >= 4 is 28.8 Å². The number of pyridine rings is 1. The smallest absolute Gasteiger partial charge is 0.407 e. The maximum Gasteiger partial charge on any atom is 0.407 e. The van der Waals surface area contributed by atoms with Crippen LogP contribution in [-0.4, -0.2) is 59.7 Å². The minimum atomic E-state index is -0.558. The molecule has 0 spiro atoms. The van der Waals surface area contributed by atoms with Crippen molar-refractivity contribution in [1.82, 2.24) is 34.6 Å². The van der Waals surface area contributed by atoms with Crippen LogP contribution in [0.1, 0.15) is 119 Å². The van der Waals surface area contributed by atoms with Gasteiger partial charge in [0.05, 0.1) is 23.0 Å². The molecule has 2 N–H and O–H groups in total. The van der Waals surface area contributed by atoms with Gasteiger partial charge >= 0.3 is 6.09 Å². The molecule has 0 atom stereocenters. The Morgan fingerprint density at radius 2 is 1.63 bits per heavy atom. The summed E-state index contributed by atoms with van der Waals surface area (Å²) >= 11 is 0. The molecule has 5 rings (SSSR count). The van der Waals surface area contributed by atoms with Crippen LogP contribution < -0.4 is 15.4 Å². The van der Waals surface area contributed by atoms with Gasteiger partial charge in [-0.25, -0.2) is 4.79 Å². The first-order chi connectivity index (χ1) is 24.8. The molecular weight excluding hydrogens is 656 g/mol. The summed E-state index contributed by atoms with van der Waals surface area (Å²) in [6.07, 6.45) is 20.9. The molecule has 1 aliphatic rings. The Morgan fingerprint density at radius 1 is 0.923 bits per heavy atom. The molecule has 1 aliphatic carbocycles. The number of unbranched alkanes of at least 4 members (excludes halogenated alkanes) is 8. The summed E-state index contributed by atoms with van der Waals surface area (Å²) in [6.45, 7) is 13.6. The predicted molar refractivity (Wildman–Crippen MR) is 206 cm³/mol. The molecule has 0 aliphatic heterocycles. The van der Waals surface area contributed by atoms with Gasteiger partial charge in [0.2, 0.25) is 11.8 Å². The Bertz CT molecular complexity index is 1700. The summed E-state index contributed by atoms with van der Waals surface area (Å²) in [5, 5.41) is 11.3. The molecule has 4 aromatic heterocycles. The first-order valence-electron chi connectivity index (χ1n) is 19.1. The van der Waals surface area contributed by atoms with E-state index in [4.69, 9.17) is 24.2 Å². The van der Waals surface area contributed by atoms with Crippen LogP contribution in [0.5, 0.6) is 5.88 Å². The van der Waals surface area contributed by atoms with Crippen molar-refractivity contribution in [2.45, 2.75) is 143 Å². The summed E-state index contributed by atoms with van der Waals surface area (Å²) < 4.78 is 22.0. The van der Waals surface area contributed by atoms with Crippen molar-refractivity contribution in [3.8, 4) is 17.1 Å². The Labute approximate surface area is 309 Å². The van der Waals surface area contributed by atoms with Crippen molar-refractivity contribution in [2.75, 3.05) is 11.9 Å². The van der Waals surface area contributed by atoms with Crippen LogP contribution in [0.4, 0.5) is 16.4 Å². The van der Waals surface area contributed by atoms with Crippen LogP contribution in [0.2, 0.25) is 0 Å². The standard InChI is InChI=1S/C40H60N8O4/c1-39(2,3)20-16-13-11-9-8-10-12-14-18-22-50-28-48-27-32(33-19-15-17-21-41-33)34-35(48)45-37(43-30-25-42-47(7)26-30)46-36(34)51-31-23-29(24-31)44-38(49)52-40(4,5)6/h15,17,19,21,25-27,29,31H,8-14,16,18,20,22-24,28H2,1-7H3,(H,44,49)(H,43,45,46). The number of hydrogen-bond acceptors (Lipinski definition) is 9. The van der Waals surface area contributed by atoms with Gasteiger partial charge in [-0.1, -0.05) is 78.2 Å². The molecule has 0 saturated heterocycles. The Kier molecular flexibility index (Phi) is 13.5. The largest absolute Gasteiger partial charge is 0.474 e. The lowest BCUT2D eigenvalue weighted by atomic mass is 9.89. The third-order valence-electron chi connectivity index (χ3n) is 9.12. The quantitative estimate of drug-likeness (QED) is 0.0912. The molecule has 1 saturated carbocycles. The van der Waals surface area contributed by atoms with Crippen LogP contribution in [-0.2, 0) is 23.3 Å². The number of alkyl carbamates (subject to hydrolysis) is 1. The number of aromatic nitrogens is 6. The minimum absolute atomic E-state index is 0.0400. The van der Waals surface area contributed by atoms with Gasteiger partial charge in [-0.15, -0.1) is 0 Å². The molecule has 1 amide bonds. The van der Waals surface area contributed by atoms with E-state index in [1.807, 2.05) is 63.0 Å². The highest BCUT2D eigenvalue weighted by molar-refractivity contribution is 5.97. The fourth-order valence-electron chi connectivity index (χ4n) is 6.40. The molecule has 0 aromatic carbocycles. The Hall–Kier alpha value is -4.19. The summed E-state index contributed by atoms with van der Waals surface area (Å²) in [7, 11) is 1.86. The van der Waals surface area contributed by atoms with Gasteiger partial charge < -0.3 is 29.4 Å². The van der Waals surface area contributed by atoms with Gasteiger partial charge in [0.1, 0.15) is 18.4 Å². The first-order valence-corrected chi connectivity index (χ1v) is 19.1. The zero-order chi connectivity index (χ0) is 37.1. The normalized spacial score (nSPS) is 16.1. The molecule has 52 heavy (non-hydrogen) atoms. The minimum Gasteiger partial charge on any atom is -0.474 e. The molecule has 0 bridgehead atoms. The van der Waals surface area contributed by atoms with E-state index in [0.717, 1.165) is 28.8 Å². The highest BCUT2D eigenvalue weighted by Crippen LogP contribution is 2.38. The second-order valence-corrected chi connectivity index (χ2v) is 16.4. The number of fused-ring (bicyclic) bond motifs is 1. The van der Waals surface area contributed by atoms with Gasteiger partial charge in [-0.05, 0) is 51.2 Å². The molecule has 284 valence electrons. The summed E-state index contributed by atoms with van der Waals surface area (Å²) in [4.78, 5) is 26.8. The van der Waals surface area contributed by atoms with E-state index in [2.05, 4.69) is 41.5 Å². The van der Waals surface area contributed by atoms with Crippen molar-refractivity contribution in [1.29, 1.82) is 0 Å². The number of anilines is 2.